The third-order valence-electron chi connectivity index (χ3n) is 1.73. The number of fused-ring (bicyclic) bond motifs is 1. The van der Waals surface area contributed by atoms with Gasteiger partial charge in [-0.05, 0) is 23.6 Å². The summed E-state index contributed by atoms with van der Waals surface area (Å²) in [6.45, 7) is 0. The Morgan fingerprint density at radius 1 is 1.46 bits per heavy atom. The van der Waals surface area contributed by atoms with Crippen LogP contribution in [0.3, 0.4) is 0 Å². The fraction of sp³-hybridized carbons (Fsp3) is 0. The number of thioether (sulfide) groups is 1. The highest BCUT2D eigenvalue weighted by molar-refractivity contribution is 8.02. The SMILES string of the molecule is O=C(O)c1ccc2c(c1)NC=CS2. The van der Waals surface area contributed by atoms with Gasteiger partial charge in [-0.15, -0.1) is 0 Å². The average molecular weight is 193 g/mol. The molecule has 3 nitrogen and oxygen atoms in total. The first-order chi connectivity index (χ1) is 6.27. The summed E-state index contributed by atoms with van der Waals surface area (Å²) in [7, 11) is 0. The molecule has 2 rings (SSSR count). The van der Waals surface area contributed by atoms with Crippen molar-refractivity contribution in [3.05, 3.63) is 35.4 Å². The molecule has 1 aliphatic rings. The minimum atomic E-state index is -0.899. The molecule has 0 bridgehead atoms. The second-order valence-corrected chi connectivity index (χ2v) is 3.53. The predicted octanol–water partition coefficient (Wildman–Crippen LogP) is 2.37. The van der Waals surface area contributed by atoms with Crippen LogP contribution in [0.15, 0.2) is 34.7 Å². The van der Waals surface area contributed by atoms with E-state index in [1.54, 1.807) is 36.2 Å². The Hall–Kier alpha value is -1.42. The van der Waals surface area contributed by atoms with Gasteiger partial charge in [-0.3, -0.25) is 0 Å². The van der Waals surface area contributed by atoms with E-state index in [-0.39, 0.29) is 0 Å². The molecule has 4 heteroatoms. The van der Waals surface area contributed by atoms with Crippen molar-refractivity contribution in [3.8, 4) is 0 Å². The van der Waals surface area contributed by atoms with Gasteiger partial charge in [-0.2, -0.15) is 0 Å². The Bertz CT molecular complexity index is 387. The highest BCUT2D eigenvalue weighted by atomic mass is 32.2. The highest BCUT2D eigenvalue weighted by Gasteiger charge is 2.09. The Labute approximate surface area is 79.5 Å². The van der Waals surface area contributed by atoms with Crippen LogP contribution < -0.4 is 5.32 Å². The molecule has 1 aliphatic heterocycles. The maximum absolute atomic E-state index is 10.6. The normalized spacial score (nSPS) is 13.2. The largest absolute Gasteiger partial charge is 0.478 e. The van der Waals surface area contributed by atoms with Gasteiger partial charge in [-0.25, -0.2) is 4.79 Å². The molecule has 1 aromatic rings. The van der Waals surface area contributed by atoms with Crippen LogP contribution in [0.1, 0.15) is 10.4 Å². The topological polar surface area (TPSA) is 49.3 Å². The number of nitrogens with one attached hydrogen (secondary N) is 1. The van der Waals surface area contributed by atoms with Crippen LogP contribution in [-0.4, -0.2) is 11.1 Å². The van der Waals surface area contributed by atoms with Gasteiger partial charge in [0.05, 0.1) is 11.3 Å². The number of carbonyl (C=O) groups is 1. The molecular weight excluding hydrogens is 186 g/mol. The van der Waals surface area contributed by atoms with Crippen molar-refractivity contribution < 1.29 is 9.90 Å². The van der Waals surface area contributed by atoms with E-state index in [9.17, 15) is 4.79 Å². The molecule has 0 atom stereocenters. The van der Waals surface area contributed by atoms with E-state index in [2.05, 4.69) is 5.32 Å². The summed E-state index contributed by atoms with van der Waals surface area (Å²) in [5.41, 5.74) is 1.16. The van der Waals surface area contributed by atoms with Gasteiger partial charge < -0.3 is 10.4 Å². The number of carboxylic acid groups (broad SMARTS) is 1. The van der Waals surface area contributed by atoms with E-state index in [4.69, 9.17) is 5.11 Å². The van der Waals surface area contributed by atoms with Gasteiger partial charge in [-0.1, -0.05) is 11.8 Å². The molecule has 0 unspecified atom stereocenters. The van der Waals surface area contributed by atoms with Crippen molar-refractivity contribution in [3.63, 3.8) is 0 Å². The van der Waals surface area contributed by atoms with Crippen molar-refractivity contribution in [2.24, 2.45) is 0 Å². The first kappa shape index (κ1) is 8.19. The smallest absolute Gasteiger partial charge is 0.335 e. The Morgan fingerprint density at radius 3 is 3.08 bits per heavy atom. The molecule has 0 aromatic heterocycles. The summed E-state index contributed by atoms with van der Waals surface area (Å²) in [6.07, 6.45) is 1.79. The first-order valence-corrected chi connectivity index (χ1v) is 4.61. The fourth-order valence-electron chi connectivity index (χ4n) is 1.11. The lowest BCUT2D eigenvalue weighted by Gasteiger charge is -2.11. The molecule has 1 aromatic carbocycles. The zero-order chi connectivity index (χ0) is 9.26. The van der Waals surface area contributed by atoms with Crippen LogP contribution in [0.25, 0.3) is 0 Å². The van der Waals surface area contributed by atoms with Crippen molar-refractivity contribution in [2.45, 2.75) is 4.90 Å². The fourth-order valence-corrected chi connectivity index (χ4v) is 1.78. The molecule has 0 aliphatic carbocycles. The van der Waals surface area contributed by atoms with Gasteiger partial charge in [0.25, 0.3) is 0 Å². The maximum Gasteiger partial charge on any atom is 0.335 e. The summed E-state index contributed by atoms with van der Waals surface area (Å²) < 4.78 is 0. The number of hydrogen-bond acceptors (Lipinski definition) is 3. The van der Waals surface area contributed by atoms with Crippen molar-refractivity contribution in [1.29, 1.82) is 0 Å². The molecule has 13 heavy (non-hydrogen) atoms. The molecule has 66 valence electrons. The average Bonchev–Trinajstić information content (AvgIpc) is 2.17. The minimum absolute atomic E-state index is 0.308. The zero-order valence-electron chi connectivity index (χ0n) is 6.65. The summed E-state index contributed by atoms with van der Waals surface area (Å²) in [5.74, 6) is -0.899. The van der Waals surface area contributed by atoms with E-state index in [0.29, 0.717) is 5.56 Å². The lowest BCUT2D eigenvalue weighted by molar-refractivity contribution is 0.0697. The first-order valence-electron chi connectivity index (χ1n) is 3.73. The van der Waals surface area contributed by atoms with Crippen LogP contribution >= 0.6 is 11.8 Å². The van der Waals surface area contributed by atoms with Gasteiger partial charge >= 0.3 is 5.97 Å². The minimum Gasteiger partial charge on any atom is -0.478 e. The van der Waals surface area contributed by atoms with Crippen molar-refractivity contribution in [1.82, 2.24) is 0 Å². The van der Waals surface area contributed by atoms with Gasteiger partial charge in [0.15, 0.2) is 0 Å². The quantitative estimate of drug-likeness (QED) is 0.718. The standard InChI is InChI=1S/C9H7NO2S/c11-9(12)6-1-2-8-7(5-6)10-3-4-13-8/h1-5,10H,(H,11,12). The monoisotopic (exact) mass is 193 g/mol. The predicted molar refractivity (Wildman–Crippen MR) is 52.0 cm³/mol. The Kier molecular flexibility index (Phi) is 1.98. The molecule has 1 heterocycles. The lowest BCUT2D eigenvalue weighted by atomic mass is 10.2. The molecule has 0 radical (unpaired) electrons. The molecule has 0 saturated carbocycles. The Balaban J connectivity index is 2.44. The third kappa shape index (κ3) is 1.53. The molecular formula is C9H7NO2S. The Morgan fingerprint density at radius 2 is 2.31 bits per heavy atom. The van der Waals surface area contributed by atoms with E-state index >= 15 is 0 Å². The number of benzene rings is 1. The number of carboxylic acids is 1. The second-order valence-electron chi connectivity index (χ2n) is 2.58. The number of rotatable bonds is 1. The summed E-state index contributed by atoms with van der Waals surface area (Å²) in [6, 6.07) is 5.04. The lowest BCUT2D eigenvalue weighted by Crippen LogP contribution is -2.00. The van der Waals surface area contributed by atoms with E-state index in [1.807, 2.05) is 5.41 Å². The summed E-state index contributed by atoms with van der Waals surface area (Å²) >= 11 is 1.57. The van der Waals surface area contributed by atoms with Crippen molar-refractivity contribution >= 4 is 23.4 Å². The number of hydrogen-bond donors (Lipinski definition) is 2. The second kappa shape index (κ2) is 3.14. The highest BCUT2D eigenvalue weighted by Crippen LogP contribution is 2.32. The van der Waals surface area contributed by atoms with E-state index < -0.39 is 5.97 Å². The van der Waals surface area contributed by atoms with Gasteiger partial charge in [0, 0.05) is 11.1 Å². The van der Waals surface area contributed by atoms with Gasteiger partial charge in [0.1, 0.15) is 0 Å². The third-order valence-corrected chi connectivity index (χ3v) is 2.61. The van der Waals surface area contributed by atoms with Crippen LogP contribution in [0, 0.1) is 0 Å². The molecule has 0 saturated heterocycles. The van der Waals surface area contributed by atoms with Gasteiger partial charge in [0.2, 0.25) is 0 Å². The number of anilines is 1. The summed E-state index contributed by atoms with van der Waals surface area (Å²) in [5, 5.41) is 13.6. The molecule has 0 fully saturated rings. The van der Waals surface area contributed by atoms with E-state index in [1.165, 1.54) is 0 Å². The molecule has 0 spiro atoms. The maximum atomic E-state index is 10.6. The molecule has 0 amide bonds. The van der Waals surface area contributed by atoms with Crippen molar-refractivity contribution in [2.75, 3.05) is 5.32 Å². The van der Waals surface area contributed by atoms with E-state index in [0.717, 1.165) is 10.6 Å². The zero-order valence-corrected chi connectivity index (χ0v) is 7.47. The van der Waals surface area contributed by atoms with Crippen LogP contribution in [0.4, 0.5) is 5.69 Å². The summed E-state index contributed by atoms with van der Waals surface area (Å²) in [4.78, 5) is 11.7. The van der Waals surface area contributed by atoms with Crippen LogP contribution in [0.2, 0.25) is 0 Å². The molecule has 2 N–H and O–H groups in total. The van der Waals surface area contributed by atoms with Crippen LogP contribution in [-0.2, 0) is 0 Å². The van der Waals surface area contributed by atoms with Crippen LogP contribution in [0.5, 0.6) is 0 Å². The number of aromatic carboxylic acids is 1.